The molecule has 14 heteroatoms. The average Bonchev–Trinajstić information content (AvgIpc) is 3.32. The minimum atomic E-state index is -2.53. The van der Waals surface area contributed by atoms with Crippen molar-refractivity contribution < 1.29 is 62.9 Å². The van der Waals surface area contributed by atoms with Crippen molar-refractivity contribution in [3.63, 3.8) is 0 Å². The third kappa shape index (κ3) is 13.2. The van der Waals surface area contributed by atoms with E-state index in [2.05, 4.69) is 6.58 Å². The summed E-state index contributed by atoms with van der Waals surface area (Å²) in [7, 11) is 6.25. The molecule has 4 aliphatic rings. The van der Waals surface area contributed by atoms with Gasteiger partial charge in [-0.25, -0.2) is 4.79 Å². The molecule has 3 heterocycles. The summed E-state index contributed by atoms with van der Waals surface area (Å²) in [6.45, 7) is 13.2. The molecule has 3 N–H and O–H groups in total. The van der Waals surface area contributed by atoms with Gasteiger partial charge in [-0.05, 0) is 120 Å². The normalized spacial score (nSPS) is 36.6. The predicted molar refractivity (Wildman–Crippen MR) is 258 cm³/mol. The van der Waals surface area contributed by atoms with Crippen molar-refractivity contribution in [3.8, 4) is 5.75 Å². The highest BCUT2D eigenvalue weighted by Gasteiger charge is 2.56. The van der Waals surface area contributed by atoms with Crippen LogP contribution in [0.5, 0.6) is 5.75 Å². The highest BCUT2D eigenvalue weighted by molar-refractivity contribution is 6.39. The van der Waals surface area contributed by atoms with E-state index < -0.39 is 89.5 Å². The number of cyclic esters (lactones) is 1. The van der Waals surface area contributed by atoms with E-state index in [-0.39, 0.29) is 43.4 Å². The maximum absolute atomic E-state index is 14.6. The van der Waals surface area contributed by atoms with Crippen LogP contribution in [0.15, 0.2) is 66.3 Å². The molecule has 68 heavy (non-hydrogen) atoms. The molecule has 3 fully saturated rings. The number of aliphatic hydroxyl groups is 3. The van der Waals surface area contributed by atoms with E-state index in [0.717, 1.165) is 16.9 Å². The van der Waals surface area contributed by atoms with E-state index in [0.29, 0.717) is 63.4 Å². The molecule has 0 radical (unpaired) electrons. The van der Waals surface area contributed by atoms with Crippen LogP contribution in [0.4, 0.5) is 0 Å². The summed E-state index contributed by atoms with van der Waals surface area (Å²) in [4.78, 5) is 58.6. The number of amides is 1. The maximum Gasteiger partial charge on any atom is 0.329 e. The summed E-state index contributed by atoms with van der Waals surface area (Å²) < 4.78 is 35.6. The third-order valence-electron chi connectivity index (χ3n) is 15.0. The van der Waals surface area contributed by atoms with Crippen molar-refractivity contribution >= 4 is 29.5 Å². The Kier molecular flexibility index (Phi) is 19.9. The van der Waals surface area contributed by atoms with Crippen LogP contribution in [0.1, 0.15) is 117 Å². The molecule has 14 atom stereocenters. The van der Waals surface area contributed by atoms with Gasteiger partial charge in [-0.3, -0.25) is 14.4 Å². The summed E-state index contributed by atoms with van der Waals surface area (Å²) in [5.41, 5.74) is 1.42. The van der Waals surface area contributed by atoms with Crippen LogP contribution in [-0.2, 0) is 42.9 Å². The molecule has 0 aromatic heterocycles. The van der Waals surface area contributed by atoms with Crippen LogP contribution in [0.2, 0.25) is 0 Å². The number of methoxy groups -OCH3 is 4. The molecule has 0 spiro atoms. The minimum Gasteiger partial charge on any atom is -0.497 e. The largest absolute Gasteiger partial charge is 0.497 e. The lowest BCUT2D eigenvalue weighted by Crippen LogP contribution is -2.64. The number of ketones is 2. The van der Waals surface area contributed by atoms with Crippen LogP contribution in [0, 0.1) is 29.6 Å². The number of carbonyl (C=O) groups is 4. The Balaban J connectivity index is 1.48. The summed E-state index contributed by atoms with van der Waals surface area (Å²) >= 11 is 0. The Hall–Kier alpha value is -4.02. The molecule has 1 aromatic carbocycles. The number of hydrogen-bond donors (Lipinski definition) is 3. The van der Waals surface area contributed by atoms with Crippen LogP contribution in [-0.4, -0.2) is 133 Å². The molecule has 5 rings (SSSR count). The van der Waals surface area contributed by atoms with Gasteiger partial charge in [-0.1, -0.05) is 68.9 Å². The lowest BCUT2D eigenvalue weighted by atomic mass is 9.74. The molecule has 1 amide bonds. The first-order valence-electron chi connectivity index (χ1n) is 24.6. The number of allylic oxidation sites excluding steroid dienone is 4. The molecule has 14 nitrogen and oxygen atoms in total. The van der Waals surface area contributed by atoms with Gasteiger partial charge in [0.05, 0.1) is 37.1 Å². The second-order valence-corrected chi connectivity index (χ2v) is 20.1. The van der Waals surface area contributed by atoms with E-state index in [1.807, 2.05) is 69.3 Å². The molecule has 2 saturated heterocycles. The van der Waals surface area contributed by atoms with Gasteiger partial charge in [0, 0.05) is 52.0 Å². The number of rotatable bonds is 11. The number of hydrogen-bond acceptors (Lipinski definition) is 13. The molecular weight excluding hydrogens is 871 g/mol. The second-order valence-electron chi connectivity index (χ2n) is 20.1. The van der Waals surface area contributed by atoms with Gasteiger partial charge in [0.25, 0.3) is 11.7 Å². The molecule has 3 aliphatic heterocycles. The molecule has 1 aromatic rings. The Morgan fingerprint density at radius 3 is 2.26 bits per heavy atom. The van der Waals surface area contributed by atoms with Crippen LogP contribution >= 0.6 is 0 Å². The predicted octanol–water partition coefficient (Wildman–Crippen LogP) is 7.12. The summed E-state index contributed by atoms with van der Waals surface area (Å²) in [6, 6.07) is 6.47. The Bertz CT molecular complexity index is 1980. The lowest BCUT2D eigenvalue weighted by molar-refractivity contribution is -0.302. The first-order valence-corrected chi connectivity index (χ1v) is 24.6. The number of nitrogens with zero attached hydrogens (tertiary/aromatic N) is 1. The smallest absolute Gasteiger partial charge is 0.329 e. The number of Topliss-reactive ketones (excluding diaryl/α,β-unsaturated/α-hetero) is 2. The quantitative estimate of drug-likeness (QED) is 0.116. The van der Waals surface area contributed by atoms with Crippen LogP contribution < -0.4 is 4.74 Å². The van der Waals surface area contributed by atoms with Crippen molar-refractivity contribution in [2.75, 3.05) is 35.0 Å². The number of carbonyl (C=O) groups excluding carboxylic acids is 4. The SMILES string of the molecule is C=CCC1C=C(C)CC(C)CC(OC)C2OC(O)(C(=O)C(=O)N3CCCCC3C(=O)OC(C(C)=CC3CCC(O)(CC=Cc4ccc(OC)cc4)C(OC)C3)C(C)C(O)CC1=O)C(C)CC2OC. The second kappa shape index (κ2) is 24.7. The van der Waals surface area contributed by atoms with Gasteiger partial charge >= 0.3 is 5.97 Å². The molecule has 378 valence electrons. The molecular formula is C54H79NO13. The van der Waals surface area contributed by atoms with Gasteiger partial charge in [-0.15, -0.1) is 6.58 Å². The van der Waals surface area contributed by atoms with Gasteiger partial charge in [0.15, 0.2) is 0 Å². The Morgan fingerprint density at radius 2 is 1.62 bits per heavy atom. The van der Waals surface area contributed by atoms with Gasteiger partial charge in [0.1, 0.15) is 29.8 Å². The van der Waals surface area contributed by atoms with Gasteiger partial charge in [0.2, 0.25) is 5.79 Å². The highest BCUT2D eigenvalue weighted by atomic mass is 16.7. The molecule has 2 bridgehead atoms. The Morgan fingerprint density at radius 1 is 0.926 bits per heavy atom. The topological polar surface area (TPSA) is 188 Å². The molecule has 14 unspecified atom stereocenters. The minimum absolute atomic E-state index is 0.00634. The zero-order chi connectivity index (χ0) is 49.9. The van der Waals surface area contributed by atoms with E-state index in [1.54, 1.807) is 34.1 Å². The number of benzene rings is 1. The van der Waals surface area contributed by atoms with Crippen molar-refractivity contribution in [1.29, 1.82) is 0 Å². The number of esters is 1. The van der Waals surface area contributed by atoms with E-state index in [4.69, 9.17) is 28.4 Å². The molecule has 1 saturated carbocycles. The highest BCUT2D eigenvalue weighted by Crippen LogP contribution is 2.41. The van der Waals surface area contributed by atoms with Gasteiger partial charge in [-0.2, -0.15) is 0 Å². The number of aliphatic hydroxyl groups excluding tert-OH is 1. The fraction of sp³-hybridized carbons (Fsp3) is 0.667. The fourth-order valence-electron chi connectivity index (χ4n) is 10.9. The van der Waals surface area contributed by atoms with Crippen molar-refractivity contribution in [1.82, 2.24) is 4.90 Å². The van der Waals surface area contributed by atoms with Crippen LogP contribution in [0.25, 0.3) is 6.08 Å². The summed E-state index contributed by atoms with van der Waals surface area (Å²) in [6.07, 6.45) is 9.14. The summed E-state index contributed by atoms with van der Waals surface area (Å²) in [5, 5.41) is 35.9. The van der Waals surface area contributed by atoms with Crippen molar-refractivity contribution in [3.05, 3.63) is 71.9 Å². The number of piperidine rings is 1. The first kappa shape index (κ1) is 54.9. The first-order chi connectivity index (χ1) is 32.3. The van der Waals surface area contributed by atoms with E-state index in [9.17, 15) is 34.5 Å². The van der Waals surface area contributed by atoms with Crippen LogP contribution in [0.3, 0.4) is 0 Å². The lowest BCUT2D eigenvalue weighted by Gasteiger charge is -2.47. The van der Waals surface area contributed by atoms with Crippen molar-refractivity contribution in [2.45, 2.75) is 166 Å². The average molecular weight is 950 g/mol. The zero-order valence-corrected chi connectivity index (χ0v) is 41.9. The monoisotopic (exact) mass is 950 g/mol. The van der Waals surface area contributed by atoms with E-state index >= 15 is 0 Å². The van der Waals surface area contributed by atoms with E-state index in [1.165, 1.54) is 19.1 Å². The maximum atomic E-state index is 14.6. The zero-order valence-electron chi connectivity index (χ0n) is 41.9. The van der Waals surface area contributed by atoms with Crippen molar-refractivity contribution in [2.24, 2.45) is 29.6 Å². The number of ether oxygens (including phenoxy) is 6. The third-order valence-corrected chi connectivity index (χ3v) is 15.0. The fourth-order valence-corrected chi connectivity index (χ4v) is 10.9. The summed E-state index contributed by atoms with van der Waals surface area (Å²) in [5.74, 6) is -7.27. The van der Waals surface area contributed by atoms with Gasteiger partial charge < -0.3 is 48.6 Å². The Labute approximate surface area is 404 Å². The number of fused-ring (bicyclic) bond motifs is 3. The molecule has 1 aliphatic carbocycles. The standard InChI is InChI=1S/C54H79NO13/c1-11-15-40-27-33(2)26-34(3)28-45(64-8)49-46(65-9)30-36(5)54(62,68-49)50(58)51(59)55-25-13-12-17-42(55)52(60)67-48(37(6)43(56)32-44(40)57)35(4)29-39-22-24-53(61,47(31-39)66-10)23-14-16-38-18-20-41(63-7)21-19-38/h11,14,16,18-21,27,29,34,36-37,39-40,42-43,45-49,56,61-62H,1,12-13,15,17,22-26,28,30-32H2,2-10H3.